The third-order valence-electron chi connectivity index (χ3n) is 3.47. The lowest BCUT2D eigenvalue weighted by Crippen LogP contribution is -2.38. The molecule has 21 heavy (non-hydrogen) atoms. The zero-order chi connectivity index (χ0) is 14.7. The lowest BCUT2D eigenvalue weighted by atomic mass is 10.2. The summed E-state index contributed by atoms with van der Waals surface area (Å²) in [4.78, 5) is 12.2. The Kier molecular flexibility index (Phi) is 4.15. The van der Waals surface area contributed by atoms with Crippen LogP contribution in [-0.2, 0) is 0 Å². The summed E-state index contributed by atoms with van der Waals surface area (Å²) in [6.45, 7) is 0. The minimum absolute atomic E-state index is 0.100. The second-order valence-corrected chi connectivity index (χ2v) is 6.27. The molecular formula is C15H18N4OS. The van der Waals surface area contributed by atoms with Crippen molar-refractivity contribution >= 4 is 23.4 Å². The highest BCUT2D eigenvalue weighted by Gasteiger charge is 2.18. The van der Waals surface area contributed by atoms with E-state index < -0.39 is 0 Å². The van der Waals surface area contributed by atoms with E-state index in [1.165, 1.54) is 5.75 Å². The normalized spacial score (nSPS) is 18.4. The summed E-state index contributed by atoms with van der Waals surface area (Å²) in [5.74, 6) is 2.08. The van der Waals surface area contributed by atoms with Crippen LogP contribution in [0.4, 0.5) is 5.69 Å². The SMILES string of the molecule is Nc1ccc(-n2ccc(C(=O)NC3CCCSC3)n2)cc1. The molecule has 110 valence electrons. The predicted octanol–water partition coefficient (Wildman–Crippen LogP) is 2.08. The van der Waals surface area contributed by atoms with Gasteiger partial charge in [0.15, 0.2) is 5.69 Å². The van der Waals surface area contributed by atoms with Crippen molar-refractivity contribution in [3.63, 3.8) is 0 Å². The number of thioether (sulfide) groups is 1. The Morgan fingerprint density at radius 2 is 2.14 bits per heavy atom. The fourth-order valence-electron chi connectivity index (χ4n) is 2.33. The first-order chi connectivity index (χ1) is 10.2. The number of benzene rings is 1. The van der Waals surface area contributed by atoms with Crippen molar-refractivity contribution < 1.29 is 4.79 Å². The van der Waals surface area contributed by atoms with Crippen LogP contribution in [0, 0.1) is 0 Å². The molecule has 2 aromatic rings. The first-order valence-corrected chi connectivity index (χ1v) is 8.18. The Bertz CT molecular complexity index is 617. The lowest BCUT2D eigenvalue weighted by molar-refractivity contribution is 0.0933. The zero-order valence-corrected chi connectivity index (χ0v) is 12.5. The smallest absolute Gasteiger partial charge is 0.272 e. The molecule has 1 aromatic carbocycles. The first-order valence-electron chi connectivity index (χ1n) is 7.02. The van der Waals surface area contributed by atoms with Crippen molar-refractivity contribution in [2.24, 2.45) is 0 Å². The van der Waals surface area contributed by atoms with Crippen molar-refractivity contribution in [3.8, 4) is 5.69 Å². The van der Waals surface area contributed by atoms with Gasteiger partial charge in [-0.3, -0.25) is 4.79 Å². The number of anilines is 1. The molecule has 1 aliphatic rings. The second kappa shape index (κ2) is 6.22. The molecule has 1 atom stereocenters. The summed E-state index contributed by atoms with van der Waals surface area (Å²) in [5.41, 5.74) is 7.71. The first kappa shape index (κ1) is 14.0. The van der Waals surface area contributed by atoms with Crippen LogP contribution in [0.25, 0.3) is 5.69 Å². The predicted molar refractivity (Wildman–Crippen MR) is 85.8 cm³/mol. The Hall–Kier alpha value is -1.95. The fourth-order valence-corrected chi connectivity index (χ4v) is 3.40. The molecule has 1 aromatic heterocycles. The van der Waals surface area contributed by atoms with Crippen molar-refractivity contribution in [1.82, 2.24) is 15.1 Å². The van der Waals surface area contributed by atoms with E-state index in [1.807, 2.05) is 36.0 Å². The van der Waals surface area contributed by atoms with Crippen LogP contribution in [0.1, 0.15) is 23.3 Å². The molecule has 0 saturated carbocycles. The minimum atomic E-state index is -0.100. The average molecular weight is 302 g/mol. The molecule has 0 aliphatic carbocycles. The molecular weight excluding hydrogens is 284 g/mol. The summed E-state index contributed by atoms with van der Waals surface area (Å²) < 4.78 is 1.68. The maximum atomic E-state index is 12.2. The fraction of sp³-hybridized carbons (Fsp3) is 0.333. The number of rotatable bonds is 3. The molecule has 1 saturated heterocycles. The zero-order valence-electron chi connectivity index (χ0n) is 11.7. The van der Waals surface area contributed by atoms with E-state index in [1.54, 1.807) is 16.9 Å². The van der Waals surface area contributed by atoms with Gasteiger partial charge in [-0.1, -0.05) is 0 Å². The highest BCUT2D eigenvalue weighted by Crippen LogP contribution is 2.17. The molecule has 2 heterocycles. The molecule has 6 heteroatoms. The van der Waals surface area contributed by atoms with E-state index >= 15 is 0 Å². The van der Waals surface area contributed by atoms with Crippen LogP contribution in [-0.4, -0.2) is 33.2 Å². The third kappa shape index (κ3) is 3.39. The van der Waals surface area contributed by atoms with Crippen LogP contribution < -0.4 is 11.1 Å². The number of nitrogens with zero attached hydrogens (tertiary/aromatic N) is 2. The topological polar surface area (TPSA) is 72.9 Å². The average Bonchev–Trinajstić information content (AvgIpc) is 2.99. The Labute approximate surface area is 127 Å². The number of nitrogen functional groups attached to an aromatic ring is 1. The number of hydrogen-bond donors (Lipinski definition) is 2. The monoisotopic (exact) mass is 302 g/mol. The van der Waals surface area contributed by atoms with Gasteiger partial charge in [-0.2, -0.15) is 16.9 Å². The molecule has 5 nitrogen and oxygen atoms in total. The van der Waals surface area contributed by atoms with Crippen LogP contribution in [0.2, 0.25) is 0 Å². The maximum absolute atomic E-state index is 12.2. The van der Waals surface area contributed by atoms with Crippen molar-refractivity contribution in [2.45, 2.75) is 18.9 Å². The molecule has 1 unspecified atom stereocenters. The van der Waals surface area contributed by atoms with Gasteiger partial charge in [0, 0.05) is 23.7 Å². The number of nitrogens with two attached hydrogens (primary N) is 1. The van der Waals surface area contributed by atoms with E-state index in [9.17, 15) is 4.79 Å². The van der Waals surface area contributed by atoms with Crippen LogP contribution in [0.15, 0.2) is 36.5 Å². The summed E-state index contributed by atoms with van der Waals surface area (Å²) in [6.07, 6.45) is 4.00. The van der Waals surface area contributed by atoms with E-state index in [2.05, 4.69) is 10.4 Å². The Balaban J connectivity index is 1.69. The Morgan fingerprint density at radius 3 is 2.86 bits per heavy atom. The summed E-state index contributed by atoms with van der Waals surface area (Å²) in [6, 6.07) is 9.38. The van der Waals surface area contributed by atoms with E-state index in [0.717, 1.165) is 24.3 Å². The number of nitrogens with one attached hydrogen (secondary N) is 1. The standard InChI is InChI=1S/C15H18N4OS/c16-11-3-5-13(6-4-11)19-8-7-14(18-19)15(20)17-12-2-1-9-21-10-12/h3-8,12H,1-2,9-10,16H2,(H,17,20). The largest absolute Gasteiger partial charge is 0.399 e. The number of carbonyl (C=O) groups excluding carboxylic acids is 1. The summed E-state index contributed by atoms with van der Waals surface area (Å²) in [7, 11) is 0. The van der Waals surface area contributed by atoms with Gasteiger partial charge in [0.2, 0.25) is 0 Å². The number of amides is 1. The Morgan fingerprint density at radius 1 is 1.33 bits per heavy atom. The molecule has 3 N–H and O–H groups in total. The van der Waals surface area contributed by atoms with Gasteiger partial charge in [0.25, 0.3) is 5.91 Å². The van der Waals surface area contributed by atoms with Gasteiger partial charge in [-0.25, -0.2) is 4.68 Å². The third-order valence-corrected chi connectivity index (χ3v) is 4.69. The highest BCUT2D eigenvalue weighted by molar-refractivity contribution is 7.99. The van der Waals surface area contributed by atoms with Crippen molar-refractivity contribution in [3.05, 3.63) is 42.2 Å². The van der Waals surface area contributed by atoms with Crippen molar-refractivity contribution in [2.75, 3.05) is 17.2 Å². The second-order valence-electron chi connectivity index (χ2n) is 5.12. The van der Waals surface area contributed by atoms with Crippen LogP contribution >= 0.6 is 11.8 Å². The molecule has 1 fully saturated rings. The van der Waals surface area contributed by atoms with E-state index in [0.29, 0.717) is 11.4 Å². The van der Waals surface area contributed by atoms with Crippen LogP contribution in [0.5, 0.6) is 0 Å². The summed E-state index contributed by atoms with van der Waals surface area (Å²) in [5, 5.41) is 7.39. The van der Waals surface area contributed by atoms with Gasteiger partial charge in [-0.05, 0) is 48.9 Å². The molecule has 0 spiro atoms. The van der Waals surface area contributed by atoms with Crippen molar-refractivity contribution in [1.29, 1.82) is 0 Å². The van der Waals surface area contributed by atoms with Gasteiger partial charge in [-0.15, -0.1) is 0 Å². The number of hydrogen-bond acceptors (Lipinski definition) is 4. The van der Waals surface area contributed by atoms with Gasteiger partial charge in [0.05, 0.1) is 5.69 Å². The van der Waals surface area contributed by atoms with Gasteiger partial charge >= 0.3 is 0 Å². The van der Waals surface area contributed by atoms with E-state index in [-0.39, 0.29) is 11.9 Å². The van der Waals surface area contributed by atoms with Crippen LogP contribution in [0.3, 0.4) is 0 Å². The molecule has 0 radical (unpaired) electrons. The molecule has 1 aliphatic heterocycles. The van der Waals surface area contributed by atoms with Gasteiger partial charge in [0.1, 0.15) is 0 Å². The lowest BCUT2D eigenvalue weighted by Gasteiger charge is -2.21. The molecule has 1 amide bonds. The molecule has 0 bridgehead atoms. The maximum Gasteiger partial charge on any atom is 0.272 e. The minimum Gasteiger partial charge on any atom is -0.399 e. The highest BCUT2D eigenvalue weighted by atomic mass is 32.2. The quantitative estimate of drug-likeness (QED) is 0.851. The number of aromatic nitrogens is 2. The van der Waals surface area contributed by atoms with E-state index in [4.69, 9.17) is 5.73 Å². The van der Waals surface area contributed by atoms with Gasteiger partial charge < -0.3 is 11.1 Å². The molecule has 3 rings (SSSR count). The number of carbonyl (C=O) groups is 1. The summed E-state index contributed by atoms with van der Waals surface area (Å²) >= 11 is 1.89.